The number of hydrogen-bond acceptors (Lipinski definition) is 8. The lowest BCUT2D eigenvalue weighted by atomic mass is 10.1. The molecular formula is C28H31N7O3. The van der Waals surface area contributed by atoms with Crippen LogP contribution in [0, 0.1) is 0 Å². The smallest absolute Gasteiger partial charge is 0.236 e. The molecule has 0 spiro atoms. The van der Waals surface area contributed by atoms with Crippen molar-refractivity contribution in [2.75, 3.05) is 45.1 Å². The molecule has 2 aliphatic rings. The normalized spacial score (nSPS) is 18.5. The number of anilines is 1. The van der Waals surface area contributed by atoms with Crippen LogP contribution in [-0.2, 0) is 9.53 Å². The van der Waals surface area contributed by atoms with Crippen LogP contribution in [0.4, 0.5) is 5.82 Å². The summed E-state index contributed by atoms with van der Waals surface area (Å²) in [5.41, 5.74) is 8.50. The van der Waals surface area contributed by atoms with Gasteiger partial charge >= 0.3 is 0 Å². The summed E-state index contributed by atoms with van der Waals surface area (Å²) in [6.07, 6.45) is 4.48. The highest BCUT2D eigenvalue weighted by molar-refractivity contribution is 5.98. The van der Waals surface area contributed by atoms with E-state index >= 15 is 0 Å². The molecule has 10 heteroatoms. The summed E-state index contributed by atoms with van der Waals surface area (Å²) >= 11 is 0. The van der Waals surface area contributed by atoms with E-state index in [0.717, 1.165) is 43.0 Å². The highest BCUT2D eigenvalue weighted by Crippen LogP contribution is 2.34. The maximum atomic E-state index is 13.1. The Morgan fingerprint density at radius 3 is 2.53 bits per heavy atom. The van der Waals surface area contributed by atoms with Gasteiger partial charge in [-0.1, -0.05) is 18.2 Å². The molecule has 1 atom stereocenters. The van der Waals surface area contributed by atoms with Crippen LogP contribution in [0.3, 0.4) is 0 Å². The van der Waals surface area contributed by atoms with Gasteiger partial charge in [0.25, 0.3) is 0 Å². The van der Waals surface area contributed by atoms with Crippen LogP contribution in [-0.4, -0.2) is 74.8 Å². The van der Waals surface area contributed by atoms with Gasteiger partial charge < -0.3 is 20.1 Å². The summed E-state index contributed by atoms with van der Waals surface area (Å²) in [6.45, 7) is 3.57. The molecule has 2 aliphatic heterocycles. The highest BCUT2D eigenvalue weighted by Gasteiger charge is 2.32. The summed E-state index contributed by atoms with van der Waals surface area (Å²) in [6, 6.07) is 17.3. The van der Waals surface area contributed by atoms with Gasteiger partial charge in [-0.25, -0.2) is 14.6 Å². The topological polar surface area (TPSA) is 112 Å². The molecule has 2 aromatic carbocycles. The number of amides is 1. The Labute approximate surface area is 221 Å². The molecule has 196 valence electrons. The zero-order valence-corrected chi connectivity index (χ0v) is 21.2. The SMILES string of the molecule is Nc1ncnc2c1c(-c1ccc(Oc3ccccc3)cc1)nn2C1COCCN1CC(=O)N1CCCCC1. The van der Waals surface area contributed by atoms with E-state index in [1.54, 1.807) is 0 Å². The number of carbonyl (C=O) groups excluding carboxylic acids is 1. The van der Waals surface area contributed by atoms with Gasteiger partial charge in [0, 0.05) is 25.2 Å². The number of piperidine rings is 1. The molecule has 38 heavy (non-hydrogen) atoms. The van der Waals surface area contributed by atoms with Gasteiger partial charge in [-0.2, -0.15) is 5.10 Å². The number of carbonyl (C=O) groups is 1. The fourth-order valence-electron chi connectivity index (χ4n) is 5.16. The Morgan fingerprint density at radius 1 is 0.974 bits per heavy atom. The number of nitrogens with zero attached hydrogens (tertiary/aromatic N) is 6. The third kappa shape index (κ3) is 4.92. The van der Waals surface area contributed by atoms with Gasteiger partial charge in [0.15, 0.2) is 5.65 Å². The zero-order valence-electron chi connectivity index (χ0n) is 21.2. The standard InChI is InChI=1S/C28H31N7O3/c29-27-25-26(20-9-11-22(12-10-20)38-21-7-3-1-4-8-21)32-35(28(25)31-19-30-27)23-18-37-16-15-34(23)17-24(36)33-13-5-2-6-14-33/h1,3-4,7-12,19,23H,2,5-6,13-18H2,(H2,29,30,31). The molecule has 0 saturated carbocycles. The number of fused-ring (bicyclic) bond motifs is 1. The highest BCUT2D eigenvalue weighted by atomic mass is 16.5. The number of morpholine rings is 1. The van der Waals surface area contributed by atoms with Crippen molar-refractivity contribution in [3.8, 4) is 22.8 Å². The Morgan fingerprint density at radius 2 is 1.74 bits per heavy atom. The second kappa shape index (κ2) is 10.8. The number of aromatic nitrogens is 4. The van der Waals surface area contributed by atoms with Crippen LogP contribution in [0.2, 0.25) is 0 Å². The van der Waals surface area contributed by atoms with Crippen molar-refractivity contribution in [2.24, 2.45) is 0 Å². The number of ether oxygens (including phenoxy) is 2. The first-order valence-electron chi connectivity index (χ1n) is 13.1. The number of nitrogen functional groups attached to an aromatic ring is 1. The average molecular weight is 514 g/mol. The summed E-state index contributed by atoms with van der Waals surface area (Å²) in [5, 5.41) is 5.65. The Balaban J connectivity index is 1.31. The predicted molar refractivity (Wildman–Crippen MR) is 144 cm³/mol. The van der Waals surface area contributed by atoms with Crippen molar-refractivity contribution < 1.29 is 14.3 Å². The first-order chi connectivity index (χ1) is 18.7. The summed E-state index contributed by atoms with van der Waals surface area (Å²) in [4.78, 5) is 26.0. The van der Waals surface area contributed by atoms with Gasteiger partial charge in [-0.3, -0.25) is 9.69 Å². The molecule has 2 N–H and O–H groups in total. The number of likely N-dealkylation sites (tertiary alicyclic amines) is 1. The number of rotatable bonds is 6. The number of benzene rings is 2. The zero-order chi connectivity index (χ0) is 25.9. The average Bonchev–Trinajstić information content (AvgIpc) is 3.36. The van der Waals surface area contributed by atoms with E-state index < -0.39 is 0 Å². The lowest BCUT2D eigenvalue weighted by Gasteiger charge is -2.37. The lowest BCUT2D eigenvalue weighted by molar-refractivity contribution is -0.137. The van der Waals surface area contributed by atoms with E-state index in [4.69, 9.17) is 20.3 Å². The molecule has 4 aromatic rings. The number of nitrogens with two attached hydrogens (primary N) is 1. The van der Waals surface area contributed by atoms with E-state index in [1.807, 2.05) is 64.2 Å². The van der Waals surface area contributed by atoms with Crippen molar-refractivity contribution in [1.82, 2.24) is 29.5 Å². The second-order valence-corrected chi connectivity index (χ2v) is 9.66. The van der Waals surface area contributed by atoms with Gasteiger partial charge in [0.2, 0.25) is 5.91 Å². The van der Waals surface area contributed by atoms with Crippen molar-refractivity contribution >= 4 is 22.8 Å². The Kier molecular flexibility index (Phi) is 6.89. The van der Waals surface area contributed by atoms with Crippen molar-refractivity contribution in [3.05, 3.63) is 60.9 Å². The lowest BCUT2D eigenvalue weighted by Crippen LogP contribution is -2.49. The van der Waals surface area contributed by atoms with Crippen molar-refractivity contribution in [3.63, 3.8) is 0 Å². The summed E-state index contributed by atoms with van der Waals surface area (Å²) in [7, 11) is 0. The van der Waals surface area contributed by atoms with Crippen LogP contribution in [0.5, 0.6) is 11.5 Å². The van der Waals surface area contributed by atoms with Crippen LogP contribution < -0.4 is 10.5 Å². The van der Waals surface area contributed by atoms with Crippen LogP contribution >= 0.6 is 0 Å². The van der Waals surface area contributed by atoms with Crippen molar-refractivity contribution in [1.29, 1.82) is 0 Å². The minimum absolute atomic E-state index is 0.149. The van der Waals surface area contributed by atoms with E-state index in [1.165, 1.54) is 12.7 Å². The second-order valence-electron chi connectivity index (χ2n) is 9.66. The molecule has 10 nitrogen and oxygen atoms in total. The number of para-hydroxylation sites is 1. The Bertz CT molecular complexity index is 1400. The molecule has 1 amide bonds. The quantitative estimate of drug-likeness (QED) is 0.415. The van der Waals surface area contributed by atoms with Crippen molar-refractivity contribution in [2.45, 2.75) is 25.4 Å². The minimum Gasteiger partial charge on any atom is -0.457 e. The third-order valence-corrected chi connectivity index (χ3v) is 7.17. The molecule has 1 unspecified atom stereocenters. The van der Waals surface area contributed by atoms with E-state index in [2.05, 4.69) is 14.9 Å². The largest absolute Gasteiger partial charge is 0.457 e. The summed E-state index contributed by atoms with van der Waals surface area (Å²) < 4.78 is 13.6. The molecular weight excluding hydrogens is 482 g/mol. The maximum absolute atomic E-state index is 13.1. The molecule has 6 rings (SSSR count). The molecule has 0 radical (unpaired) electrons. The number of hydrogen-bond donors (Lipinski definition) is 1. The fourth-order valence-corrected chi connectivity index (χ4v) is 5.16. The first kappa shape index (κ1) is 24.3. The van der Waals surface area contributed by atoms with E-state index in [0.29, 0.717) is 48.8 Å². The van der Waals surface area contributed by atoms with Crippen LogP contribution in [0.25, 0.3) is 22.3 Å². The monoisotopic (exact) mass is 513 g/mol. The Hall–Kier alpha value is -4.02. The predicted octanol–water partition coefficient (Wildman–Crippen LogP) is 3.71. The molecule has 2 fully saturated rings. The van der Waals surface area contributed by atoms with E-state index in [-0.39, 0.29) is 12.1 Å². The maximum Gasteiger partial charge on any atom is 0.236 e. The van der Waals surface area contributed by atoms with Gasteiger partial charge in [0.05, 0.1) is 25.1 Å². The minimum atomic E-state index is -0.288. The molecule has 2 saturated heterocycles. The van der Waals surface area contributed by atoms with Gasteiger partial charge in [0.1, 0.15) is 35.5 Å². The fraction of sp³-hybridized carbons (Fsp3) is 0.357. The van der Waals surface area contributed by atoms with Crippen LogP contribution in [0.1, 0.15) is 25.4 Å². The molecule has 2 aromatic heterocycles. The molecule has 0 bridgehead atoms. The molecule has 0 aliphatic carbocycles. The molecule has 4 heterocycles. The van der Waals surface area contributed by atoms with Gasteiger partial charge in [-0.15, -0.1) is 0 Å². The van der Waals surface area contributed by atoms with E-state index in [9.17, 15) is 4.79 Å². The first-order valence-corrected chi connectivity index (χ1v) is 13.1. The third-order valence-electron chi connectivity index (χ3n) is 7.17. The summed E-state index contributed by atoms with van der Waals surface area (Å²) in [5.74, 6) is 1.99. The van der Waals surface area contributed by atoms with Crippen LogP contribution in [0.15, 0.2) is 60.9 Å². The van der Waals surface area contributed by atoms with Gasteiger partial charge in [-0.05, 0) is 55.7 Å².